The lowest BCUT2D eigenvalue weighted by Crippen LogP contribution is -2.36. The van der Waals surface area contributed by atoms with Crippen molar-refractivity contribution in [1.82, 2.24) is 15.0 Å². The molecule has 0 amide bonds. The SMILES string of the molecule is CCCCCCCCCCCCOc1ccc(-c2cc[n+](Cc3cc(C[n+]4ccc(-c5ccc(OCCCCCCCCCCCC)c(OCCCCCCCCCCCC)c5)nc4)cc(C[n+]4ccc(-c5ccc(OCCCCCCCCCCCC)c(OCCCCCCCCCCCC)c5)nc4)c3)cn2)cc1OCCCCCCCCCCCC. The maximum atomic E-state index is 6.64. The Morgan fingerprint density at radius 2 is 0.358 bits per heavy atom. The highest BCUT2D eigenvalue weighted by Crippen LogP contribution is 2.37. The van der Waals surface area contributed by atoms with Crippen molar-refractivity contribution in [3.05, 3.63) is 145 Å². The van der Waals surface area contributed by atoms with Gasteiger partial charge in [-0.05, 0) is 143 Å². The highest BCUT2D eigenvalue weighted by atomic mass is 16.5. The predicted molar refractivity (Wildman–Crippen MR) is 517 cm³/mol. The molecule has 0 saturated heterocycles. The zero-order valence-electron chi connectivity index (χ0n) is 79.5. The molecule has 123 heavy (non-hydrogen) atoms. The number of rotatable bonds is 81. The zero-order chi connectivity index (χ0) is 86.4. The van der Waals surface area contributed by atoms with Crippen LogP contribution in [-0.2, 0) is 19.6 Å². The summed E-state index contributed by atoms with van der Waals surface area (Å²) in [6.45, 7) is 19.8. The largest absolute Gasteiger partial charge is 0.490 e. The van der Waals surface area contributed by atoms with Gasteiger partial charge >= 0.3 is 0 Å². The molecule has 0 atom stereocenters. The summed E-state index contributed by atoms with van der Waals surface area (Å²) in [6.07, 6.45) is 90.2. The summed E-state index contributed by atoms with van der Waals surface area (Å²) in [7, 11) is 0. The first-order chi connectivity index (χ1) is 60.9. The summed E-state index contributed by atoms with van der Waals surface area (Å²) in [4.78, 5) is 15.4. The van der Waals surface area contributed by atoms with E-state index in [0.29, 0.717) is 59.3 Å². The quantitative estimate of drug-likeness (QED) is 0.0272. The van der Waals surface area contributed by atoms with E-state index in [9.17, 15) is 0 Å². The molecule has 4 aromatic carbocycles. The number of benzene rings is 4. The molecule has 0 N–H and O–H groups in total. The highest BCUT2D eigenvalue weighted by Gasteiger charge is 2.20. The molecule has 684 valence electrons. The lowest BCUT2D eigenvalue weighted by molar-refractivity contribution is -0.693. The van der Waals surface area contributed by atoms with Crippen molar-refractivity contribution in [2.24, 2.45) is 0 Å². The Morgan fingerprint density at radius 3 is 0.528 bits per heavy atom. The Kier molecular flexibility index (Phi) is 58.6. The molecular weight excluding hydrogens is 1510 g/mol. The van der Waals surface area contributed by atoms with Gasteiger partial charge in [0, 0.05) is 34.9 Å². The average molecular weight is 1690 g/mol. The molecule has 0 fully saturated rings. The van der Waals surface area contributed by atoms with Crippen LogP contribution in [-0.4, -0.2) is 54.6 Å². The average Bonchev–Trinajstić information content (AvgIpc) is 0.819. The number of hydrogen-bond donors (Lipinski definition) is 0. The van der Waals surface area contributed by atoms with Gasteiger partial charge in [0.2, 0.25) is 0 Å². The van der Waals surface area contributed by atoms with Crippen LogP contribution in [0.4, 0.5) is 0 Å². The summed E-state index contributed by atoms with van der Waals surface area (Å²) in [5, 5.41) is 0. The molecule has 0 bridgehead atoms. The number of aromatic nitrogens is 6. The maximum absolute atomic E-state index is 6.64. The third-order valence-electron chi connectivity index (χ3n) is 24.8. The maximum Gasteiger partial charge on any atom is 0.287 e. The van der Waals surface area contributed by atoms with Gasteiger partial charge in [0.1, 0.15) is 19.6 Å². The summed E-state index contributed by atoms with van der Waals surface area (Å²) >= 11 is 0. The summed E-state index contributed by atoms with van der Waals surface area (Å²) < 4.78 is 46.1. The molecule has 3 aromatic heterocycles. The minimum absolute atomic E-state index is 0.641. The van der Waals surface area contributed by atoms with Crippen LogP contribution in [0.1, 0.15) is 443 Å². The monoisotopic (exact) mass is 1690 g/mol. The van der Waals surface area contributed by atoms with E-state index < -0.39 is 0 Å². The first-order valence-corrected chi connectivity index (χ1v) is 51.8. The molecule has 3 heterocycles. The minimum atomic E-state index is 0.641. The van der Waals surface area contributed by atoms with E-state index in [1.165, 1.54) is 363 Å². The van der Waals surface area contributed by atoms with E-state index in [-0.39, 0.29) is 0 Å². The Morgan fingerprint density at radius 1 is 0.187 bits per heavy atom. The summed E-state index contributed by atoms with van der Waals surface area (Å²) in [6, 6.07) is 32.7. The Bertz CT molecular complexity index is 3290. The van der Waals surface area contributed by atoms with Crippen LogP contribution in [0, 0.1) is 0 Å². The molecule has 0 aliphatic carbocycles. The standard InChI is InChI=1S/C111H177N6O6/c1-7-13-19-25-31-37-43-49-55-61-79-118-106-70-67-100(88-109(106)121-82-64-58-52-46-40-34-28-22-16-10-4)103-73-76-115(94-112-103)91-97-85-98(92-116-77-74-104(113-95-116)101-68-71-107(119-80-62-56-50-44-38-32-26-20-14-8-2)110(89-101)122-83-65-59-53-47-41-35-29-23-17-11-5)87-99(86-97)93-117-78-75-105(114-96-117)102-69-72-108(120-81-63-57-51-45-39-33-27-21-15-9-3)111(90-102)123-84-66-60-54-48-42-36-30-24-18-12-6/h67-78,85-90,94-96H,7-66,79-84,91-93H2,1-6H3/q+3. The van der Waals surface area contributed by atoms with Gasteiger partial charge in [0.05, 0.1) is 58.2 Å². The van der Waals surface area contributed by atoms with Crippen LogP contribution in [0.15, 0.2) is 129 Å². The zero-order valence-corrected chi connectivity index (χ0v) is 79.5. The topological polar surface area (TPSA) is 106 Å². The minimum Gasteiger partial charge on any atom is -0.490 e. The number of unbranched alkanes of at least 4 members (excludes halogenated alkanes) is 54. The van der Waals surface area contributed by atoms with Crippen molar-refractivity contribution in [3.63, 3.8) is 0 Å². The molecule has 0 aliphatic rings. The molecule has 0 saturated carbocycles. The van der Waals surface area contributed by atoms with E-state index in [1.807, 2.05) is 19.0 Å². The van der Waals surface area contributed by atoms with Gasteiger partial charge in [-0.2, -0.15) is 0 Å². The molecule has 12 heteroatoms. The van der Waals surface area contributed by atoms with Gasteiger partial charge in [0.25, 0.3) is 19.0 Å². The third kappa shape index (κ3) is 47.3. The van der Waals surface area contributed by atoms with Crippen molar-refractivity contribution in [1.29, 1.82) is 0 Å². The van der Waals surface area contributed by atoms with E-state index in [0.717, 1.165) is 107 Å². The molecule has 7 aromatic rings. The summed E-state index contributed by atoms with van der Waals surface area (Å²) in [5.74, 6) is 4.93. The van der Waals surface area contributed by atoms with Crippen LogP contribution in [0.3, 0.4) is 0 Å². The third-order valence-corrected chi connectivity index (χ3v) is 24.8. The molecule has 0 spiro atoms. The first-order valence-electron chi connectivity index (χ1n) is 51.8. The Hall–Kier alpha value is -7.08. The van der Waals surface area contributed by atoms with Crippen LogP contribution < -0.4 is 42.1 Å². The van der Waals surface area contributed by atoms with Crippen LogP contribution in [0.2, 0.25) is 0 Å². The van der Waals surface area contributed by atoms with Crippen LogP contribution in [0.5, 0.6) is 34.5 Å². The lowest BCUT2D eigenvalue weighted by Gasteiger charge is -2.14. The lowest BCUT2D eigenvalue weighted by atomic mass is 10.0. The second-order valence-electron chi connectivity index (χ2n) is 36.2. The normalized spacial score (nSPS) is 11.5. The smallest absolute Gasteiger partial charge is 0.287 e. The number of ether oxygens (including phenoxy) is 6. The van der Waals surface area contributed by atoms with E-state index in [2.05, 4.69) is 165 Å². The van der Waals surface area contributed by atoms with Crippen molar-refractivity contribution >= 4 is 0 Å². The molecule has 12 nitrogen and oxygen atoms in total. The van der Waals surface area contributed by atoms with Crippen molar-refractivity contribution in [2.45, 2.75) is 446 Å². The van der Waals surface area contributed by atoms with E-state index in [4.69, 9.17) is 43.4 Å². The molecule has 0 aliphatic heterocycles. The first kappa shape index (κ1) is 103. The Labute approximate surface area is 752 Å². The fourth-order valence-electron chi connectivity index (χ4n) is 17.0. The second-order valence-corrected chi connectivity index (χ2v) is 36.2. The predicted octanol–water partition coefficient (Wildman–Crippen LogP) is 31.7. The second kappa shape index (κ2) is 70.0. The van der Waals surface area contributed by atoms with Gasteiger partial charge in [-0.15, -0.1) is 0 Å². The van der Waals surface area contributed by atoms with Crippen molar-refractivity contribution in [2.75, 3.05) is 39.6 Å². The van der Waals surface area contributed by atoms with Crippen LogP contribution >= 0.6 is 0 Å². The molecular formula is C111H177N6O6+3. The number of nitrogens with zero attached hydrogens (tertiary/aromatic N) is 6. The van der Waals surface area contributed by atoms with Gasteiger partial charge in [-0.25, -0.2) is 13.7 Å². The molecule has 0 radical (unpaired) electrons. The van der Waals surface area contributed by atoms with Crippen molar-refractivity contribution in [3.8, 4) is 68.3 Å². The van der Waals surface area contributed by atoms with Gasteiger partial charge in [-0.1, -0.05) is 388 Å². The van der Waals surface area contributed by atoms with Gasteiger partial charge in [0.15, 0.2) is 51.6 Å². The van der Waals surface area contributed by atoms with Gasteiger partial charge < -0.3 is 28.4 Å². The molecule has 0 unspecified atom stereocenters. The van der Waals surface area contributed by atoms with E-state index >= 15 is 0 Å². The van der Waals surface area contributed by atoms with Crippen molar-refractivity contribution < 1.29 is 42.1 Å². The highest BCUT2D eigenvalue weighted by molar-refractivity contribution is 5.65. The fraction of sp³-hybridized carbons (Fsp3) is 0.676. The van der Waals surface area contributed by atoms with Gasteiger partial charge in [-0.3, -0.25) is 0 Å². The Balaban J connectivity index is 1.08. The number of hydrogen-bond acceptors (Lipinski definition) is 9. The fourth-order valence-corrected chi connectivity index (χ4v) is 17.0. The summed E-state index contributed by atoms with van der Waals surface area (Å²) in [5.41, 5.74) is 9.33. The van der Waals surface area contributed by atoms with E-state index in [1.54, 1.807) is 0 Å². The van der Waals surface area contributed by atoms with Crippen LogP contribution in [0.25, 0.3) is 33.8 Å². The molecule has 7 rings (SSSR count).